The molecule has 3 N–H and O–H groups in total. The number of rotatable bonds is 5. The van der Waals surface area contributed by atoms with E-state index in [4.69, 9.17) is 24.7 Å². The minimum Gasteiger partial charge on any atom is -0.493 e. The molecule has 0 amide bonds. The zero-order chi connectivity index (χ0) is 17.9. The second-order valence-electron chi connectivity index (χ2n) is 5.00. The zero-order valence-corrected chi connectivity index (χ0v) is 14.3. The number of methoxy groups -OCH3 is 4. The van der Waals surface area contributed by atoms with Crippen molar-refractivity contribution in [3.8, 4) is 17.2 Å². The summed E-state index contributed by atoms with van der Waals surface area (Å²) >= 11 is 0. The maximum Gasteiger partial charge on any atom is 0.338 e. The predicted molar refractivity (Wildman–Crippen MR) is 88.3 cm³/mol. The molecule has 1 aromatic rings. The van der Waals surface area contributed by atoms with Gasteiger partial charge in [-0.3, -0.25) is 0 Å². The third kappa shape index (κ3) is 2.94. The van der Waals surface area contributed by atoms with Gasteiger partial charge in [-0.25, -0.2) is 9.79 Å². The van der Waals surface area contributed by atoms with E-state index in [1.807, 2.05) is 0 Å². The normalized spacial score (nSPS) is 16.9. The van der Waals surface area contributed by atoms with Crippen molar-refractivity contribution in [1.29, 1.82) is 0 Å². The van der Waals surface area contributed by atoms with E-state index >= 15 is 0 Å². The maximum absolute atomic E-state index is 12.2. The Hall–Kier alpha value is -2.90. The van der Waals surface area contributed by atoms with Crippen molar-refractivity contribution in [2.24, 2.45) is 10.7 Å². The van der Waals surface area contributed by atoms with Crippen molar-refractivity contribution in [2.45, 2.75) is 13.0 Å². The molecule has 8 heteroatoms. The van der Waals surface area contributed by atoms with Crippen LogP contribution in [0.25, 0.3) is 0 Å². The van der Waals surface area contributed by atoms with E-state index in [-0.39, 0.29) is 5.96 Å². The lowest BCUT2D eigenvalue weighted by Crippen LogP contribution is -2.37. The molecule has 1 aliphatic heterocycles. The number of ether oxygens (including phenoxy) is 4. The number of carbonyl (C=O) groups excluding carboxylic acids is 1. The highest BCUT2D eigenvalue weighted by molar-refractivity contribution is 5.95. The van der Waals surface area contributed by atoms with Crippen molar-refractivity contribution < 1.29 is 23.7 Å². The van der Waals surface area contributed by atoms with Gasteiger partial charge in [-0.1, -0.05) is 0 Å². The maximum atomic E-state index is 12.2. The van der Waals surface area contributed by atoms with Crippen LogP contribution >= 0.6 is 0 Å². The van der Waals surface area contributed by atoms with E-state index < -0.39 is 12.0 Å². The molecule has 0 radical (unpaired) electrons. The van der Waals surface area contributed by atoms with Crippen molar-refractivity contribution in [2.75, 3.05) is 28.4 Å². The monoisotopic (exact) mass is 335 g/mol. The van der Waals surface area contributed by atoms with Gasteiger partial charge in [0.05, 0.1) is 34.0 Å². The third-order valence-electron chi connectivity index (χ3n) is 3.70. The number of benzene rings is 1. The van der Waals surface area contributed by atoms with Crippen LogP contribution in [0.1, 0.15) is 18.5 Å². The number of esters is 1. The standard InChI is InChI=1S/C16H21N3O5/c1-8-11(15(20)24-5)12(19-16(17)18-8)9-6-7-10(21-2)14(23-4)13(9)22-3/h6-7,12H,1-5H3,(H3,17,18,19). The topological polar surface area (TPSA) is 104 Å². The lowest BCUT2D eigenvalue weighted by molar-refractivity contribution is -0.136. The van der Waals surface area contributed by atoms with Crippen LogP contribution in [0.4, 0.5) is 0 Å². The van der Waals surface area contributed by atoms with Crippen LogP contribution in [0.5, 0.6) is 17.2 Å². The first-order valence-electron chi connectivity index (χ1n) is 7.16. The van der Waals surface area contributed by atoms with E-state index in [2.05, 4.69) is 10.3 Å². The Bertz CT molecular complexity index is 712. The van der Waals surface area contributed by atoms with E-state index in [0.717, 1.165) is 0 Å². The van der Waals surface area contributed by atoms with Crippen LogP contribution in [0.3, 0.4) is 0 Å². The minimum atomic E-state index is -0.687. The molecule has 1 aliphatic rings. The fraction of sp³-hybridized carbons (Fsp3) is 0.375. The quantitative estimate of drug-likeness (QED) is 0.777. The summed E-state index contributed by atoms with van der Waals surface area (Å²) in [5.74, 6) is 1.02. The average Bonchev–Trinajstić information content (AvgIpc) is 2.58. The number of nitrogens with zero attached hydrogens (tertiary/aromatic N) is 1. The highest BCUT2D eigenvalue weighted by atomic mass is 16.5. The molecule has 1 heterocycles. The molecule has 1 aromatic carbocycles. The molecule has 2 rings (SSSR count). The summed E-state index contributed by atoms with van der Waals surface area (Å²) < 4.78 is 21.0. The number of guanidine groups is 1. The van der Waals surface area contributed by atoms with Gasteiger partial charge < -0.3 is 30.0 Å². The Balaban J connectivity index is 2.68. The molecule has 130 valence electrons. The van der Waals surface area contributed by atoms with Gasteiger partial charge in [0.25, 0.3) is 0 Å². The molecule has 0 fully saturated rings. The summed E-state index contributed by atoms with van der Waals surface area (Å²) in [6.45, 7) is 1.73. The molecular formula is C16H21N3O5. The molecule has 0 bridgehead atoms. The number of nitrogens with one attached hydrogen (secondary N) is 1. The van der Waals surface area contributed by atoms with E-state index in [0.29, 0.717) is 34.1 Å². The SMILES string of the molecule is COC(=O)C1=C(C)NC(N)=NC1c1ccc(OC)c(OC)c1OC. The van der Waals surface area contributed by atoms with Crippen molar-refractivity contribution >= 4 is 11.9 Å². The zero-order valence-electron chi connectivity index (χ0n) is 14.3. The molecular weight excluding hydrogens is 314 g/mol. The van der Waals surface area contributed by atoms with Gasteiger partial charge in [-0.15, -0.1) is 0 Å². The van der Waals surface area contributed by atoms with Gasteiger partial charge in [0.15, 0.2) is 17.5 Å². The van der Waals surface area contributed by atoms with Crippen molar-refractivity contribution in [3.63, 3.8) is 0 Å². The Morgan fingerprint density at radius 1 is 1.12 bits per heavy atom. The third-order valence-corrected chi connectivity index (χ3v) is 3.70. The number of aliphatic imine (C=N–C) groups is 1. The molecule has 0 aliphatic carbocycles. The van der Waals surface area contributed by atoms with Gasteiger partial charge in [-0.05, 0) is 19.1 Å². The fourth-order valence-corrected chi connectivity index (χ4v) is 2.64. The Kier molecular flexibility index (Phi) is 5.18. The number of hydrogen-bond donors (Lipinski definition) is 2. The first kappa shape index (κ1) is 17.5. The number of hydrogen-bond acceptors (Lipinski definition) is 8. The van der Waals surface area contributed by atoms with Gasteiger partial charge in [0.2, 0.25) is 5.75 Å². The molecule has 1 atom stereocenters. The summed E-state index contributed by atoms with van der Waals surface area (Å²) in [4.78, 5) is 16.6. The van der Waals surface area contributed by atoms with E-state index in [1.54, 1.807) is 19.1 Å². The second-order valence-corrected chi connectivity index (χ2v) is 5.00. The summed E-state index contributed by atoms with van der Waals surface area (Å²) in [5.41, 5.74) is 7.35. The van der Waals surface area contributed by atoms with Crippen LogP contribution in [-0.4, -0.2) is 40.4 Å². The van der Waals surface area contributed by atoms with Crippen LogP contribution in [0.15, 0.2) is 28.4 Å². The Labute approximate surface area is 140 Å². The Morgan fingerprint density at radius 2 is 1.79 bits per heavy atom. The van der Waals surface area contributed by atoms with Crippen molar-refractivity contribution in [3.05, 3.63) is 29.0 Å². The molecule has 1 unspecified atom stereocenters. The average molecular weight is 335 g/mol. The summed E-state index contributed by atoms with van der Waals surface area (Å²) in [5, 5.41) is 2.84. The van der Waals surface area contributed by atoms with E-state index in [9.17, 15) is 4.79 Å². The van der Waals surface area contributed by atoms with Crippen LogP contribution in [0.2, 0.25) is 0 Å². The number of allylic oxidation sites excluding steroid dienone is 1. The van der Waals surface area contributed by atoms with Crippen molar-refractivity contribution in [1.82, 2.24) is 5.32 Å². The lowest BCUT2D eigenvalue weighted by atomic mass is 9.95. The van der Waals surface area contributed by atoms with Gasteiger partial charge >= 0.3 is 5.97 Å². The summed E-state index contributed by atoms with van der Waals surface area (Å²) in [6.07, 6.45) is 0. The van der Waals surface area contributed by atoms with Crippen LogP contribution in [-0.2, 0) is 9.53 Å². The van der Waals surface area contributed by atoms with Gasteiger partial charge in [0, 0.05) is 11.3 Å². The summed E-state index contributed by atoms with van der Waals surface area (Å²) in [6, 6.07) is 2.78. The van der Waals surface area contributed by atoms with Gasteiger partial charge in [-0.2, -0.15) is 0 Å². The first-order valence-corrected chi connectivity index (χ1v) is 7.16. The largest absolute Gasteiger partial charge is 0.493 e. The number of carbonyl (C=O) groups is 1. The summed E-state index contributed by atoms with van der Waals surface area (Å²) in [7, 11) is 5.85. The molecule has 0 aromatic heterocycles. The van der Waals surface area contributed by atoms with Gasteiger partial charge in [0.1, 0.15) is 6.04 Å². The minimum absolute atomic E-state index is 0.196. The van der Waals surface area contributed by atoms with Crippen LogP contribution in [0, 0.1) is 0 Å². The molecule has 0 saturated carbocycles. The molecule has 0 spiro atoms. The van der Waals surface area contributed by atoms with Crippen LogP contribution < -0.4 is 25.3 Å². The molecule has 24 heavy (non-hydrogen) atoms. The Morgan fingerprint density at radius 3 is 2.33 bits per heavy atom. The molecule has 0 saturated heterocycles. The number of nitrogens with two attached hydrogens (primary N) is 1. The first-order chi connectivity index (χ1) is 11.5. The smallest absolute Gasteiger partial charge is 0.338 e. The lowest BCUT2D eigenvalue weighted by Gasteiger charge is -2.26. The fourth-order valence-electron chi connectivity index (χ4n) is 2.64. The van der Waals surface area contributed by atoms with E-state index in [1.165, 1.54) is 28.4 Å². The predicted octanol–water partition coefficient (Wildman–Crippen LogP) is 1.12. The highest BCUT2D eigenvalue weighted by Crippen LogP contribution is 2.45. The molecule has 8 nitrogen and oxygen atoms in total. The highest BCUT2D eigenvalue weighted by Gasteiger charge is 2.33. The second kappa shape index (κ2) is 7.12.